The molecule has 0 atom stereocenters. The van der Waals surface area contributed by atoms with Gasteiger partial charge < -0.3 is 10.4 Å². The van der Waals surface area contributed by atoms with Gasteiger partial charge in [-0.1, -0.05) is 17.7 Å². The van der Waals surface area contributed by atoms with Crippen molar-refractivity contribution in [2.75, 3.05) is 11.9 Å². The van der Waals surface area contributed by atoms with E-state index in [0.29, 0.717) is 0 Å². The molecule has 3 nitrogen and oxygen atoms in total. The number of halogens is 1. The van der Waals surface area contributed by atoms with Crippen LogP contribution in [0.5, 0.6) is 0 Å². The van der Waals surface area contributed by atoms with Crippen molar-refractivity contribution >= 4 is 24.1 Å². The Kier molecular flexibility index (Phi) is 5.15. The van der Waals surface area contributed by atoms with Crippen molar-refractivity contribution in [3.63, 3.8) is 0 Å². The number of anilines is 1. The topological polar surface area (TPSA) is 49.3 Å². The van der Waals surface area contributed by atoms with Crippen LogP contribution in [0.4, 0.5) is 5.69 Å². The minimum absolute atomic E-state index is 0. The molecule has 84 valence electrons. The number of rotatable bonds is 3. The lowest BCUT2D eigenvalue weighted by Crippen LogP contribution is -2.13. The van der Waals surface area contributed by atoms with Gasteiger partial charge in [0.25, 0.3) is 0 Å². The zero-order valence-electron chi connectivity index (χ0n) is 9.13. The summed E-state index contributed by atoms with van der Waals surface area (Å²) in [5.41, 5.74) is 4.30. The summed E-state index contributed by atoms with van der Waals surface area (Å²) in [7, 11) is 0. The summed E-state index contributed by atoms with van der Waals surface area (Å²) in [6, 6.07) is 4.08. The largest absolute Gasteiger partial charge is 0.480 e. The normalized spacial score (nSPS) is 9.27. The quantitative estimate of drug-likeness (QED) is 0.838. The first-order valence-electron chi connectivity index (χ1n) is 4.54. The Morgan fingerprint density at radius 2 is 1.73 bits per heavy atom. The fourth-order valence-corrected chi connectivity index (χ4v) is 1.62. The molecule has 0 bridgehead atoms. The molecule has 0 unspecified atom stereocenters. The van der Waals surface area contributed by atoms with Gasteiger partial charge in [-0.25, -0.2) is 0 Å². The van der Waals surface area contributed by atoms with Crippen LogP contribution in [0.3, 0.4) is 0 Å². The van der Waals surface area contributed by atoms with E-state index >= 15 is 0 Å². The monoisotopic (exact) mass is 229 g/mol. The summed E-state index contributed by atoms with van der Waals surface area (Å²) in [5, 5.41) is 11.5. The number of benzene rings is 1. The van der Waals surface area contributed by atoms with Gasteiger partial charge >= 0.3 is 5.97 Å². The van der Waals surface area contributed by atoms with Gasteiger partial charge in [-0.05, 0) is 31.9 Å². The van der Waals surface area contributed by atoms with Gasteiger partial charge in [-0.2, -0.15) is 0 Å². The molecule has 0 spiro atoms. The van der Waals surface area contributed by atoms with E-state index < -0.39 is 5.97 Å². The van der Waals surface area contributed by atoms with E-state index in [1.54, 1.807) is 0 Å². The highest BCUT2D eigenvalue weighted by molar-refractivity contribution is 5.85. The lowest BCUT2D eigenvalue weighted by atomic mass is 10.1. The average molecular weight is 230 g/mol. The van der Waals surface area contributed by atoms with Crippen molar-refractivity contribution in [1.29, 1.82) is 0 Å². The third kappa shape index (κ3) is 3.80. The van der Waals surface area contributed by atoms with E-state index in [0.717, 1.165) is 16.8 Å². The van der Waals surface area contributed by atoms with Crippen LogP contribution in [0.15, 0.2) is 12.1 Å². The highest BCUT2D eigenvalue weighted by Crippen LogP contribution is 2.21. The Balaban J connectivity index is 0.00000196. The molecule has 0 aliphatic heterocycles. The predicted molar refractivity (Wildman–Crippen MR) is 64.0 cm³/mol. The molecule has 0 radical (unpaired) electrons. The number of hydrogen-bond donors (Lipinski definition) is 2. The molecule has 0 aromatic heterocycles. The zero-order valence-corrected chi connectivity index (χ0v) is 9.94. The Morgan fingerprint density at radius 1 is 1.27 bits per heavy atom. The Bertz CT molecular complexity index is 341. The van der Waals surface area contributed by atoms with Crippen LogP contribution >= 0.6 is 12.4 Å². The summed E-state index contributed by atoms with van der Waals surface area (Å²) in [6.07, 6.45) is 0. The second-order valence-corrected chi connectivity index (χ2v) is 3.52. The van der Waals surface area contributed by atoms with E-state index in [4.69, 9.17) is 5.11 Å². The SMILES string of the molecule is Cc1cc(C)c(NCC(=O)O)c(C)c1.Cl. The zero-order chi connectivity index (χ0) is 10.7. The number of carboxylic acids is 1. The number of carbonyl (C=O) groups is 1. The van der Waals surface area contributed by atoms with Crippen LogP contribution in [0.25, 0.3) is 0 Å². The van der Waals surface area contributed by atoms with Crippen molar-refractivity contribution < 1.29 is 9.90 Å². The standard InChI is InChI=1S/C11H15NO2.ClH/c1-7-4-8(2)11(9(3)5-7)12-6-10(13)14;/h4-5,12H,6H2,1-3H3,(H,13,14);1H. The average Bonchev–Trinajstić information content (AvgIpc) is 2.01. The second-order valence-electron chi connectivity index (χ2n) is 3.52. The van der Waals surface area contributed by atoms with E-state index in [-0.39, 0.29) is 19.0 Å². The van der Waals surface area contributed by atoms with E-state index in [9.17, 15) is 4.79 Å². The molecular formula is C11H16ClNO2. The van der Waals surface area contributed by atoms with Crippen LogP contribution in [0.1, 0.15) is 16.7 Å². The third-order valence-electron chi connectivity index (χ3n) is 2.09. The molecule has 0 aliphatic rings. The second kappa shape index (κ2) is 5.61. The minimum Gasteiger partial charge on any atom is -0.480 e. The molecule has 0 saturated heterocycles. The first-order chi connectivity index (χ1) is 6.50. The number of aliphatic carboxylic acids is 1. The lowest BCUT2D eigenvalue weighted by Gasteiger charge is -2.11. The van der Waals surface area contributed by atoms with Gasteiger partial charge in [0.2, 0.25) is 0 Å². The molecular weight excluding hydrogens is 214 g/mol. The lowest BCUT2D eigenvalue weighted by molar-refractivity contribution is -0.134. The van der Waals surface area contributed by atoms with Crippen molar-refractivity contribution in [3.8, 4) is 0 Å². The maximum Gasteiger partial charge on any atom is 0.322 e. The molecule has 0 saturated carbocycles. The number of aryl methyl sites for hydroxylation is 3. The molecule has 4 heteroatoms. The van der Waals surface area contributed by atoms with Gasteiger partial charge in [-0.15, -0.1) is 12.4 Å². The third-order valence-corrected chi connectivity index (χ3v) is 2.09. The molecule has 0 heterocycles. The molecule has 1 aromatic carbocycles. The van der Waals surface area contributed by atoms with E-state index in [1.165, 1.54) is 5.56 Å². The first kappa shape index (κ1) is 13.8. The fraction of sp³-hybridized carbons (Fsp3) is 0.364. The highest BCUT2D eigenvalue weighted by Gasteiger charge is 2.04. The Morgan fingerprint density at radius 3 is 2.13 bits per heavy atom. The van der Waals surface area contributed by atoms with Crippen LogP contribution < -0.4 is 5.32 Å². The van der Waals surface area contributed by atoms with E-state index in [2.05, 4.69) is 5.32 Å². The molecule has 0 fully saturated rings. The van der Waals surface area contributed by atoms with Gasteiger partial charge in [-0.3, -0.25) is 4.79 Å². The van der Waals surface area contributed by atoms with Crippen molar-refractivity contribution in [2.24, 2.45) is 0 Å². The summed E-state index contributed by atoms with van der Waals surface area (Å²) in [6.45, 7) is 5.94. The van der Waals surface area contributed by atoms with Crippen LogP contribution in [-0.4, -0.2) is 17.6 Å². The number of carboxylic acid groups (broad SMARTS) is 1. The fourth-order valence-electron chi connectivity index (χ4n) is 1.62. The van der Waals surface area contributed by atoms with Crippen molar-refractivity contribution in [1.82, 2.24) is 0 Å². The smallest absolute Gasteiger partial charge is 0.322 e. The molecule has 0 amide bonds. The van der Waals surface area contributed by atoms with E-state index in [1.807, 2.05) is 32.9 Å². The minimum atomic E-state index is -0.843. The molecule has 1 aromatic rings. The summed E-state index contributed by atoms with van der Waals surface area (Å²) in [4.78, 5) is 10.4. The summed E-state index contributed by atoms with van der Waals surface area (Å²) in [5.74, 6) is -0.843. The molecule has 1 rings (SSSR count). The number of nitrogens with one attached hydrogen (secondary N) is 1. The van der Waals surface area contributed by atoms with Gasteiger partial charge in [0.05, 0.1) is 0 Å². The Hall–Kier alpha value is -1.22. The van der Waals surface area contributed by atoms with Crippen LogP contribution in [0.2, 0.25) is 0 Å². The highest BCUT2D eigenvalue weighted by atomic mass is 35.5. The Labute approximate surface area is 95.9 Å². The number of hydrogen-bond acceptors (Lipinski definition) is 2. The summed E-state index contributed by atoms with van der Waals surface area (Å²) >= 11 is 0. The van der Waals surface area contributed by atoms with Gasteiger partial charge in [0, 0.05) is 5.69 Å². The maximum absolute atomic E-state index is 10.4. The first-order valence-corrected chi connectivity index (χ1v) is 4.54. The maximum atomic E-state index is 10.4. The van der Waals surface area contributed by atoms with Crippen LogP contribution in [-0.2, 0) is 4.79 Å². The van der Waals surface area contributed by atoms with Gasteiger partial charge in [0.15, 0.2) is 0 Å². The predicted octanol–water partition coefficient (Wildman–Crippen LogP) is 2.53. The molecule has 0 aliphatic carbocycles. The van der Waals surface area contributed by atoms with Crippen molar-refractivity contribution in [3.05, 3.63) is 28.8 Å². The molecule has 15 heavy (non-hydrogen) atoms. The summed E-state index contributed by atoms with van der Waals surface area (Å²) < 4.78 is 0. The van der Waals surface area contributed by atoms with Crippen LogP contribution in [0, 0.1) is 20.8 Å². The molecule has 2 N–H and O–H groups in total. The van der Waals surface area contributed by atoms with Gasteiger partial charge in [0.1, 0.15) is 6.54 Å². The van der Waals surface area contributed by atoms with Crippen molar-refractivity contribution in [2.45, 2.75) is 20.8 Å².